The first-order valence-electron chi connectivity index (χ1n) is 7.79. The molecule has 118 valence electrons. The molecule has 0 bridgehead atoms. The number of aryl methyl sites for hydroxylation is 1. The van der Waals surface area contributed by atoms with Crippen molar-refractivity contribution in [2.45, 2.75) is 45.6 Å². The summed E-state index contributed by atoms with van der Waals surface area (Å²) < 4.78 is 0.790. The van der Waals surface area contributed by atoms with Crippen LogP contribution in [0.15, 0.2) is 12.1 Å². The van der Waals surface area contributed by atoms with Crippen LogP contribution in [-0.4, -0.2) is 36.5 Å². The summed E-state index contributed by atoms with van der Waals surface area (Å²) in [5, 5.41) is 3.11. The van der Waals surface area contributed by atoms with Crippen LogP contribution in [0.5, 0.6) is 0 Å². The van der Waals surface area contributed by atoms with Gasteiger partial charge in [0.05, 0.1) is 4.34 Å². The molecule has 2 atom stereocenters. The fourth-order valence-electron chi connectivity index (χ4n) is 2.96. The van der Waals surface area contributed by atoms with E-state index in [2.05, 4.69) is 24.1 Å². The number of likely N-dealkylation sites (tertiary alicyclic amines) is 1. The number of piperidine rings is 1. The zero-order valence-corrected chi connectivity index (χ0v) is 14.5. The summed E-state index contributed by atoms with van der Waals surface area (Å²) in [5.41, 5.74) is 0. The first kappa shape index (κ1) is 16.8. The summed E-state index contributed by atoms with van der Waals surface area (Å²) >= 11 is 7.45. The molecule has 1 amide bonds. The minimum Gasteiger partial charge on any atom is -0.352 e. The molecule has 21 heavy (non-hydrogen) atoms. The number of rotatable bonds is 6. The number of nitrogens with one attached hydrogen (secondary N) is 1. The number of halogens is 1. The Bertz CT molecular complexity index is 463. The van der Waals surface area contributed by atoms with Crippen LogP contribution in [0.1, 0.15) is 38.0 Å². The lowest BCUT2D eigenvalue weighted by molar-refractivity contribution is -0.121. The van der Waals surface area contributed by atoms with E-state index in [1.54, 1.807) is 11.3 Å². The second-order valence-electron chi connectivity index (χ2n) is 6.18. The summed E-state index contributed by atoms with van der Waals surface area (Å²) in [4.78, 5) is 15.6. The number of carbonyl (C=O) groups excluding carboxylic acids is 1. The molecule has 0 aromatic carbocycles. The second-order valence-corrected chi connectivity index (χ2v) is 7.98. The van der Waals surface area contributed by atoms with Crippen molar-refractivity contribution in [2.24, 2.45) is 5.92 Å². The van der Waals surface area contributed by atoms with Crippen molar-refractivity contribution >= 4 is 28.8 Å². The van der Waals surface area contributed by atoms with E-state index in [-0.39, 0.29) is 11.9 Å². The fourth-order valence-corrected chi connectivity index (χ4v) is 4.04. The molecule has 0 radical (unpaired) electrons. The lowest BCUT2D eigenvalue weighted by Crippen LogP contribution is -2.45. The van der Waals surface area contributed by atoms with E-state index in [0.717, 1.165) is 36.3 Å². The standard InChI is InChI=1S/C16H25ClN2OS/c1-12-4-3-9-19(10-12)11-13(2)18-16(20)8-6-14-5-7-15(17)21-14/h5,7,12-13H,3-4,6,8-11H2,1-2H3,(H,18,20)/t12-,13-/m1/s1. The number of amides is 1. The van der Waals surface area contributed by atoms with Crippen LogP contribution in [-0.2, 0) is 11.2 Å². The molecule has 1 saturated heterocycles. The zero-order valence-electron chi connectivity index (χ0n) is 12.9. The van der Waals surface area contributed by atoms with Crippen molar-refractivity contribution in [2.75, 3.05) is 19.6 Å². The topological polar surface area (TPSA) is 32.3 Å². The maximum atomic E-state index is 12.0. The van der Waals surface area contributed by atoms with E-state index >= 15 is 0 Å². The van der Waals surface area contributed by atoms with Gasteiger partial charge in [0.1, 0.15) is 0 Å². The van der Waals surface area contributed by atoms with Crippen LogP contribution in [0.3, 0.4) is 0 Å². The average Bonchev–Trinajstić information content (AvgIpc) is 2.82. The first-order chi connectivity index (χ1) is 10.0. The summed E-state index contributed by atoms with van der Waals surface area (Å²) in [7, 11) is 0. The van der Waals surface area contributed by atoms with Gasteiger partial charge in [0, 0.05) is 30.4 Å². The largest absolute Gasteiger partial charge is 0.352 e. The van der Waals surface area contributed by atoms with Crippen molar-refractivity contribution in [1.82, 2.24) is 10.2 Å². The van der Waals surface area contributed by atoms with Gasteiger partial charge in [-0.05, 0) is 50.8 Å². The van der Waals surface area contributed by atoms with E-state index in [0.29, 0.717) is 6.42 Å². The van der Waals surface area contributed by atoms with Crippen molar-refractivity contribution < 1.29 is 4.79 Å². The molecule has 1 aromatic heterocycles. The van der Waals surface area contributed by atoms with Gasteiger partial charge in [0.2, 0.25) is 5.91 Å². The van der Waals surface area contributed by atoms with Gasteiger partial charge >= 0.3 is 0 Å². The van der Waals surface area contributed by atoms with Crippen LogP contribution in [0.25, 0.3) is 0 Å². The van der Waals surface area contributed by atoms with E-state index in [1.165, 1.54) is 17.7 Å². The summed E-state index contributed by atoms with van der Waals surface area (Å²) in [6.45, 7) is 7.69. The zero-order chi connectivity index (χ0) is 15.2. The number of hydrogen-bond donors (Lipinski definition) is 1. The predicted octanol–water partition coefficient (Wildman–Crippen LogP) is 3.57. The molecule has 0 saturated carbocycles. The third-order valence-electron chi connectivity index (χ3n) is 3.91. The highest BCUT2D eigenvalue weighted by Crippen LogP contribution is 2.22. The molecule has 1 aliphatic heterocycles. The molecular formula is C16H25ClN2OS. The van der Waals surface area contributed by atoms with Crippen molar-refractivity contribution in [3.05, 3.63) is 21.3 Å². The lowest BCUT2D eigenvalue weighted by Gasteiger charge is -2.32. The highest BCUT2D eigenvalue weighted by molar-refractivity contribution is 7.16. The molecule has 1 aromatic rings. The van der Waals surface area contributed by atoms with Gasteiger partial charge in [0.15, 0.2) is 0 Å². The maximum absolute atomic E-state index is 12.0. The van der Waals surface area contributed by atoms with E-state index in [1.807, 2.05) is 12.1 Å². The van der Waals surface area contributed by atoms with Gasteiger partial charge in [-0.2, -0.15) is 0 Å². The first-order valence-corrected chi connectivity index (χ1v) is 8.98. The number of thiophene rings is 1. The Hall–Kier alpha value is -0.580. The normalized spacial score (nSPS) is 21.2. The van der Waals surface area contributed by atoms with Crippen molar-refractivity contribution in [3.63, 3.8) is 0 Å². The van der Waals surface area contributed by atoms with Crippen molar-refractivity contribution in [3.8, 4) is 0 Å². The molecule has 3 nitrogen and oxygen atoms in total. The van der Waals surface area contributed by atoms with Crippen LogP contribution < -0.4 is 5.32 Å². The molecule has 0 aliphatic carbocycles. The number of hydrogen-bond acceptors (Lipinski definition) is 3. The SMILES string of the molecule is C[C@@H]1CCCN(C[C@@H](C)NC(=O)CCc2ccc(Cl)s2)C1. The van der Waals surface area contributed by atoms with E-state index in [9.17, 15) is 4.79 Å². The molecule has 2 rings (SSSR count). The monoisotopic (exact) mass is 328 g/mol. The Kier molecular flexibility index (Phi) is 6.52. The molecule has 2 heterocycles. The van der Waals surface area contributed by atoms with E-state index < -0.39 is 0 Å². The summed E-state index contributed by atoms with van der Waals surface area (Å²) in [5.74, 6) is 0.919. The van der Waals surface area contributed by atoms with Crippen LogP contribution in [0.4, 0.5) is 0 Å². The maximum Gasteiger partial charge on any atom is 0.220 e. The minimum atomic E-state index is 0.136. The Balaban J connectivity index is 1.66. The highest BCUT2D eigenvalue weighted by atomic mass is 35.5. The third kappa shape index (κ3) is 5.97. The van der Waals surface area contributed by atoms with Gasteiger partial charge in [-0.15, -0.1) is 11.3 Å². The summed E-state index contributed by atoms with van der Waals surface area (Å²) in [6.07, 6.45) is 3.93. The number of nitrogens with zero attached hydrogens (tertiary/aromatic N) is 1. The van der Waals surface area contributed by atoms with Gasteiger partial charge in [-0.3, -0.25) is 4.79 Å². The fraction of sp³-hybridized carbons (Fsp3) is 0.688. The molecule has 1 aliphatic rings. The van der Waals surface area contributed by atoms with Gasteiger partial charge in [-0.1, -0.05) is 18.5 Å². The average molecular weight is 329 g/mol. The van der Waals surface area contributed by atoms with Crippen LogP contribution >= 0.6 is 22.9 Å². The molecule has 1 fully saturated rings. The van der Waals surface area contributed by atoms with Gasteiger partial charge < -0.3 is 10.2 Å². The minimum absolute atomic E-state index is 0.136. The van der Waals surface area contributed by atoms with Crippen molar-refractivity contribution in [1.29, 1.82) is 0 Å². The quantitative estimate of drug-likeness (QED) is 0.865. The molecule has 1 N–H and O–H groups in total. The molecule has 0 unspecified atom stereocenters. The third-order valence-corrected chi connectivity index (χ3v) is 5.20. The smallest absolute Gasteiger partial charge is 0.220 e. The Morgan fingerprint density at radius 1 is 1.57 bits per heavy atom. The van der Waals surface area contributed by atoms with Gasteiger partial charge in [0.25, 0.3) is 0 Å². The lowest BCUT2D eigenvalue weighted by atomic mass is 10.00. The molecule has 0 spiro atoms. The van der Waals surface area contributed by atoms with Crippen LogP contribution in [0, 0.1) is 5.92 Å². The number of carbonyl (C=O) groups is 1. The highest BCUT2D eigenvalue weighted by Gasteiger charge is 2.18. The van der Waals surface area contributed by atoms with Gasteiger partial charge in [-0.25, -0.2) is 0 Å². The Morgan fingerprint density at radius 2 is 2.38 bits per heavy atom. The molecule has 5 heteroatoms. The Labute approximate surface area is 136 Å². The van der Waals surface area contributed by atoms with E-state index in [4.69, 9.17) is 11.6 Å². The Morgan fingerprint density at radius 3 is 3.05 bits per heavy atom. The second kappa shape index (κ2) is 8.16. The summed E-state index contributed by atoms with van der Waals surface area (Å²) in [6, 6.07) is 4.10. The predicted molar refractivity (Wildman–Crippen MR) is 90.1 cm³/mol. The molecular weight excluding hydrogens is 304 g/mol. The van der Waals surface area contributed by atoms with Crippen LogP contribution in [0.2, 0.25) is 4.34 Å².